The van der Waals surface area contributed by atoms with Crippen LogP contribution in [-0.4, -0.2) is 27.8 Å². The first-order chi connectivity index (χ1) is 15.2. The molecule has 1 aliphatic heterocycles. The molecule has 1 aromatic heterocycles. The van der Waals surface area contributed by atoms with E-state index in [9.17, 15) is 5.11 Å². The topological polar surface area (TPSA) is 62.4 Å². The van der Waals surface area contributed by atoms with Crippen LogP contribution in [0.3, 0.4) is 0 Å². The Bertz CT molecular complexity index is 986. The molecule has 0 amide bonds. The Morgan fingerprint density at radius 1 is 0.968 bits per heavy atom. The highest BCUT2D eigenvalue weighted by molar-refractivity contribution is 5.37. The van der Waals surface area contributed by atoms with Gasteiger partial charge in [0.05, 0.1) is 0 Å². The predicted octanol–water partition coefficient (Wildman–Crippen LogP) is 5.27. The van der Waals surface area contributed by atoms with Crippen LogP contribution in [0.15, 0.2) is 65.2 Å². The van der Waals surface area contributed by atoms with E-state index >= 15 is 0 Å². The van der Waals surface area contributed by atoms with Gasteiger partial charge in [-0.05, 0) is 49.1 Å². The number of hydrogen-bond donors (Lipinski definition) is 1. The van der Waals surface area contributed by atoms with Crippen molar-refractivity contribution in [2.24, 2.45) is 5.92 Å². The summed E-state index contributed by atoms with van der Waals surface area (Å²) in [5.74, 6) is 0.882. The fourth-order valence-electron chi connectivity index (χ4n) is 5.25. The Balaban J connectivity index is 1.47. The maximum absolute atomic E-state index is 11.8. The Hall–Kier alpha value is -2.66. The molecule has 3 unspecified atom stereocenters. The third kappa shape index (κ3) is 3.65. The largest absolute Gasteiger partial charge is 0.377 e. The van der Waals surface area contributed by atoms with E-state index in [0.29, 0.717) is 23.8 Å². The van der Waals surface area contributed by atoms with Crippen LogP contribution in [-0.2, 0) is 5.60 Å². The summed E-state index contributed by atoms with van der Waals surface area (Å²) in [5, 5.41) is 16.2. The molecule has 5 nitrogen and oxygen atoms in total. The lowest BCUT2D eigenvalue weighted by Gasteiger charge is -2.40. The zero-order valence-electron chi connectivity index (χ0n) is 18.2. The molecule has 31 heavy (non-hydrogen) atoms. The molecule has 0 bridgehead atoms. The van der Waals surface area contributed by atoms with Gasteiger partial charge in [-0.15, -0.1) is 0 Å². The number of benzene rings is 2. The Morgan fingerprint density at radius 2 is 1.68 bits per heavy atom. The van der Waals surface area contributed by atoms with Gasteiger partial charge in [0, 0.05) is 18.5 Å². The van der Waals surface area contributed by atoms with Crippen molar-refractivity contribution in [3.63, 3.8) is 0 Å². The summed E-state index contributed by atoms with van der Waals surface area (Å²) in [6.07, 6.45) is 6.50. The summed E-state index contributed by atoms with van der Waals surface area (Å²) in [4.78, 5) is 7.08. The van der Waals surface area contributed by atoms with Crippen LogP contribution < -0.4 is 4.90 Å². The molecule has 1 N–H and O–H groups in total. The van der Waals surface area contributed by atoms with Gasteiger partial charge in [0.15, 0.2) is 5.60 Å². The first-order valence-corrected chi connectivity index (χ1v) is 11.6. The molecule has 3 aromatic rings. The second-order valence-corrected chi connectivity index (χ2v) is 9.12. The van der Waals surface area contributed by atoms with Crippen LogP contribution in [0, 0.1) is 5.92 Å². The van der Waals surface area contributed by atoms with Crippen LogP contribution in [0.1, 0.15) is 68.3 Å². The van der Waals surface area contributed by atoms with Crippen molar-refractivity contribution in [1.82, 2.24) is 10.1 Å². The molecule has 1 saturated carbocycles. The smallest absolute Gasteiger partial charge is 0.324 e. The van der Waals surface area contributed by atoms with Crippen molar-refractivity contribution >= 4 is 6.01 Å². The maximum atomic E-state index is 11.8. The molecule has 2 heterocycles. The lowest BCUT2D eigenvalue weighted by molar-refractivity contribution is -0.0286. The number of anilines is 1. The predicted molar refractivity (Wildman–Crippen MR) is 121 cm³/mol. The maximum Gasteiger partial charge on any atom is 0.324 e. The summed E-state index contributed by atoms with van der Waals surface area (Å²) in [6, 6.07) is 21.3. The molecule has 2 aliphatic rings. The third-order valence-corrected chi connectivity index (χ3v) is 7.36. The fraction of sp³-hybridized carbons (Fsp3) is 0.462. The SMILES string of the molecule is CC(c1ccccc1)C1CCCCN1c1nc(C(O)(c2ccccc2)C2CCC2)no1. The third-order valence-electron chi connectivity index (χ3n) is 7.36. The van der Waals surface area contributed by atoms with Gasteiger partial charge in [-0.3, -0.25) is 0 Å². The van der Waals surface area contributed by atoms with Crippen LogP contribution in [0.4, 0.5) is 6.01 Å². The van der Waals surface area contributed by atoms with E-state index in [-0.39, 0.29) is 5.92 Å². The average Bonchev–Trinajstić information content (AvgIpc) is 3.29. The highest BCUT2D eigenvalue weighted by Crippen LogP contribution is 2.46. The molecule has 0 spiro atoms. The number of aliphatic hydroxyl groups is 1. The number of hydrogen-bond acceptors (Lipinski definition) is 5. The Kier molecular flexibility index (Phi) is 5.53. The van der Waals surface area contributed by atoms with Crippen molar-refractivity contribution < 1.29 is 9.63 Å². The molecule has 1 aliphatic carbocycles. The van der Waals surface area contributed by atoms with Gasteiger partial charge in [-0.1, -0.05) is 79.2 Å². The highest BCUT2D eigenvalue weighted by Gasteiger charge is 2.47. The van der Waals surface area contributed by atoms with E-state index in [0.717, 1.165) is 44.2 Å². The van der Waals surface area contributed by atoms with Crippen molar-refractivity contribution in [3.8, 4) is 0 Å². The van der Waals surface area contributed by atoms with Gasteiger partial charge in [-0.25, -0.2) is 0 Å². The molecule has 1 saturated heterocycles. The first-order valence-electron chi connectivity index (χ1n) is 11.6. The monoisotopic (exact) mass is 417 g/mol. The Morgan fingerprint density at radius 3 is 2.35 bits per heavy atom. The van der Waals surface area contributed by atoms with Gasteiger partial charge >= 0.3 is 6.01 Å². The van der Waals surface area contributed by atoms with Crippen LogP contribution >= 0.6 is 0 Å². The molecule has 5 rings (SSSR count). The van der Waals surface area contributed by atoms with E-state index in [4.69, 9.17) is 9.51 Å². The van der Waals surface area contributed by atoms with Gasteiger partial charge in [0.2, 0.25) is 5.82 Å². The highest BCUT2D eigenvalue weighted by atomic mass is 16.5. The second kappa shape index (κ2) is 8.46. The summed E-state index contributed by atoms with van der Waals surface area (Å²) >= 11 is 0. The van der Waals surface area contributed by atoms with E-state index in [1.165, 1.54) is 12.0 Å². The Labute approximate surface area is 184 Å². The van der Waals surface area contributed by atoms with E-state index in [1.807, 2.05) is 30.3 Å². The zero-order chi connectivity index (χ0) is 21.3. The van der Waals surface area contributed by atoms with Gasteiger partial charge in [-0.2, -0.15) is 4.98 Å². The van der Waals surface area contributed by atoms with Gasteiger partial charge in [0.25, 0.3) is 0 Å². The molecule has 2 aromatic carbocycles. The number of rotatable bonds is 6. The lowest BCUT2D eigenvalue weighted by atomic mass is 9.69. The van der Waals surface area contributed by atoms with Crippen LogP contribution in [0.2, 0.25) is 0 Å². The zero-order valence-corrected chi connectivity index (χ0v) is 18.2. The molecule has 0 radical (unpaired) electrons. The number of aromatic nitrogens is 2. The standard InChI is InChI=1S/C26H31N3O2/c1-19(20-11-4-2-5-12-20)23-17-8-9-18-29(23)25-27-24(28-31-25)26(30,22-15-10-16-22)21-13-6-3-7-14-21/h2-7,11-14,19,22-23,30H,8-10,15-18H2,1H3. The summed E-state index contributed by atoms with van der Waals surface area (Å²) in [5.41, 5.74) is 0.978. The number of piperidine rings is 1. The molecule has 5 heteroatoms. The summed E-state index contributed by atoms with van der Waals surface area (Å²) < 4.78 is 5.81. The first kappa shape index (κ1) is 20.3. The second-order valence-electron chi connectivity index (χ2n) is 9.12. The van der Waals surface area contributed by atoms with Crippen LogP contribution in [0.5, 0.6) is 0 Å². The van der Waals surface area contributed by atoms with Crippen molar-refractivity contribution in [2.45, 2.75) is 63.0 Å². The average molecular weight is 418 g/mol. The minimum Gasteiger partial charge on any atom is -0.377 e. The summed E-state index contributed by atoms with van der Waals surface area (Å²) in [7, 11) is 0. The van der Waals surface area contributed by atoms with E-state index in [2.05, 4.69) is 47.3 Å². The lowest BCUT2D eigenvalue weighted by Crippen LogP contribution is -2.43. The van der Waals surface area contributed by atoms with E-state index < -0.39 is 5.60 Å². The quantitative estimate of drug-likeness (QED) is 0.592. The molecule has 2 fully saturated rings. The summed E-state index contributed by atoms with van der Waals surface area (Å²) in [6.45, 7) is 3.18. The van der Waals surface area contributed by atoms with Crippen molar-refractivity contribution in [2.75, 3.05) is 11.4 Å². The molecule has 3 atom stereocenters. The minimum atomic E-state index is -1.20. The van der Waals surface area contributed by atoms with Crippen molar-refractivity contribution in [1.29, 1.82) is 0 Å². The molecular formula is C26H31N3O2. The van der Waals surface area contributed by atoms with E-state index in [1.54, 1.807) is 0 Å². The van der Waals surface area contributed by atoms with Crippen LogP contribution in [0.25, 0.3) is 0 Å². The van der Waals surface area contributed by atoms with Gasteiger partial charge in [0.1, 0.15) is 0 Å². The van der Waals surface area contributed by atoms with Crippen molar-refractivity contribution in [3.05, 3.63) is 77.6 Å². The molecule has 162 valence electrons. The normalized spacial score (nSPS) is 22.5. The fourth-order valence-corrected chi connectivity index (χ4v) is 5.25. The molecular weight excluding hydrogens is 386 g/mol. The van der Waals surface area contributed by atoms with Gasteiger partial charge < -0.3 is 14.5 Å². The number of nitrogens with zero attached hydrogens (tertiary/aromatic N) is 3. The minimum absolute atomic E-state index is 0.126.